The van der Waals surface area contributed by atoms with Gasteiger partial charge in [-0.05, 0) is 63.6 Å². The van der Waals surface area contributed by atoms with E-state index < -0.39 is 0 Å². The lowest BCUT2D eigenvalue weighted by atomic mass is 10.0. The highest BCUT2D eigenvalue weighted by atomic mass is 16.6. The van der Waals surface area contributed by atoms with Crippen LogP contribution < -0.4 is 11.5 Å². The second kappa shape index (κ2) is 15.8. The topological polar surface area (TPSA) is 89.0 Å². The van der Waals surface area contributed by atoms with E-state index in [1.807, 2.05) is 18.2 Å². The fraction of sp³-hybridized carbons (Fsp3) is 0.739. The minimum atomic E-state index is -0.123. The standard InChI is InChI=1S/C23H40N2O4/c24-13-6-2-8-15-26-19-22-23(29-18-20-10-4-1-5-11-20)21(12-17-28-22)27-16-9-3-7-14-25/h1,4-5,10-11,21-23H,2-3,6-9,12-19,24-25H2. The first kappa shape index (κ1) is 24.3. The molecule has 3 atom stereocenters. The van der Waals surface area contributed by atoms with Gasteiger partial charge in [-0.2, -0.15) is 0 Å². The summed E-state index contributed by atoms with van der Waals surface area (Å²) in [5.74, 6) is 0. The number of unbranched alkanes of at least 4 members (excludes halogenated alkanes) is 4. The van der Waals surface area contributed by atoms with Crippen LogP contribution in [0.1, 0.15) is 50.5 Å². The van der Waals surface area contributed by atoms with E-state index >= 15 is 0 Å². The molecule has 4 N–H and O–H groups in total. The predicted octanol–water partition coefficient (Wildman–Crippen LogP) is 3.02. The average Bonchev–Trinajstić information content (AvgIpc) is 2.76. The Bertz CT molecular complexity index is 503. The van der Waals surface area contributed by atoms with Crippen LogP contribution in [0.25, 0.3) is 0 Å². The fourth-order valence-corrected chi connectivity index (χ4v) is 3.52. The van der Waals surface area contributed by atoms with Gasteiger partial charge in [0.15, 0.2) is 0 Å². The summed E-state index contributed by atoms with van der Waals surface area (Å²) in [5, 5.41) is 0. The van der Waals surface area contributed by atoms with E-state index in [1.165, 1.54) is 0 Å². The first-order valence-corrected chi connectivity index (χ1v) is 11.2. The van der Waals surface area contributed by atoms with Crippen molar-refractivity contribution in [3.63, 3.8) is 0 Å². The van der Waals surface area contributed by atoms with Gasteiger partial charge in [0.2, 0.25) is 0 Å². The molecular formula is C23H40N2O4. The maximum Gasteiger partial charge on any atom is 0.113 e. The molecule has 1 aromatic carbocycles. The molecule has 29 heavy (non-hydrogen) atoms. The van der Waals surface area contributed by atoms with Crippen molar-refractivity contribution in [1.29, 1.82) is 0 Å². The largest absolute Gasteiger partial charge is 0.379 e. The summed E-state index contributed by atoms with van der Waals surface area (Å²) in [4.78, 5) is 0. The Hall–Kier alpha value is -1.02. The van der Waals surface area contributed by atoms with Gasteiger partial charge in [-0.1, -0.05) is 30.3 Å². The number of ether oxygens (including phenoxy) is 4. The summed E-state index contributed by atoms with van der Waals surface area (Å²) in [6.07, 6.45) is 7.02. The van der Waals surface area contributed by atoms with E-state index in [9.17, 15) is 0 Å². The molecule has 3 unspecified atom stereocenters. The van der Waals surface area contributed by atoms with Gasteiger partial charge >= 0.3 is 0 Å². The quantitative estimate of drug-likeness (QED) is 0.409. The Kier molecular flexibility index (Phi) is 13.2. The molecule has 1 fully saturated rings. The summed E-state index contributed by atoms with van der Waals surface area (Å²) in [7, 11) is 0. The molecule has 0 aromatic heterocycles. The lowest BCUT2D eigenvalue weighted by Crippen LogP contribution is -2.49. The van der Waals surface area contributed by atoms with Crippen molar-refractivity contribution in [1.82, 2.24) is 0 Å². The molecule has 0 radical (unpaired) electrons. The van der Waals surface area contributed by atoms with Crippen LogP contribution in [0, 0.1) is 0 Å². The zero-order chi connectivity index (χ0) is 20.6. The Morgan fingerprint density at radius 3 is 2.31 bits per heavy atom. The molecule has 6 nitrogen and oxygen atoms in total. The third-order valence-electron chi connectivity index (χ3n) is 5.21. The van der Waals surface area contributed by atoms with Gasteiger partial charge in [0.25, 0.3) is 0 Å². The van der Waals surface area contributed by atoms with Gasteiger partial charge in [-0.25, -0.2) is 0 Å². The molecular weight excluding hydrogens is 368 g/mol. The van der Waals surface area contributed by atoms with Gasteiger partial charge in [-0.3, -0.25) is 0 Å². The Morgan fingerprint density at radius 1 is 0.862 bits per heavy atom. The van der Waals surface area contributed by atoms with Crippen LogP contribution >= 0.6 is 0 Å². The SMILES string of the molecule is NCCCCCOCC1OCCC(OCCCCCN)C1OCc1ccccc1. The van der Waals surface area contributed by atoms with Gasteiger partial charge in [0.05, 0.1) is 19.3 Å². The Morgan fingerprint density at radius 2 is 1.59 bits per heavy atom. The average molecular weight is 409 g/mol. The summed E-state index contributed by atoms with van der Waals surface area (Å²) < 4.78 is 24.4. The lowest BCUT2D eigenvalue weighted by molar-refractivity contribution is -0.194. The molecule has 1 heterocycles. The normalized spacial score (nSPS) is 22.1. The molecule has 1 aliphatic rings. The Labute approximate surface area is 176 Å². The van der Waals surface area contributed by atoms with Crippen LogP contribution in [0.3, 0.4) is 0 Å². The van der Waals surface area contributed by atoms with Crippen LogP contribution in [0.4, 0.5) is 0 Å². The van der Waals surface area contributed by atoms with E-state index in [4.69, 9.17) is 30.4 Å². The number of benzene rings is 1. The van der Waals surface area contributed by atoms with Crippen molar-refractivity contribution in [2.45, 2.75) is 69.9 Å². The van der Waals surface area contributed by atoms with E-state index in [2.05, 4.69) is 12.1 Å². The summed E-state index contributed by atoms with van der Waals surface area (Å²) in [6, 6.07) is 10.2. The van der Waals surface area contributed by atoms with Gasteiger partial charge in [-0.15, -0.1) is 0 Å². The molecule has 166 valence electrons. The second-order valence-corrected chi connectivity index (χ2v) is 7.64. The highest BCUT2D eigenvalue weighted by molar-refractivity contribution is 5.13. The van der Waals surface area contributed by atoms with Crippen LogP contribution in [0.15, 0.2) is 30.3 Å². The van der Waals surface area contributed by atoms with E-state index in [0.717, 1.165) is 76.8 Å². The van der Waals surface area contributed by atoms with Crippen molar-refractivity contribution >= 4 is 0 Å². The molecule has 1 aromatic rings. The lowest BCUT2D eigenvalue weighted by Gasteiger charge is -2.37. The molecule has 1 aliphatic heterocycles. The molecule has 0 aliphatic carbocycles. The van der Waals surface area contributed by atoms with Crippen LogP contribution in [-0.4, -0.2) is 57.8 Å². The van der Waals surface area contributed by atoms with E-state index in [0.29, 0.717) is 19.8 Å². The first-order valence-electron chi connectivity index (χ1n) is 11.2. The van der Waals surface area contributed by atoms with Crippen molar-refractivity contribution in [2.75, 3.05) is 39.5 Å². The molecule has 0 amide bonds. The molecule has 1 saturated heterocycles. The minimum absolute atomic E-state index is 0.0381. The fourth-order valence-electron chi connectivity index (χ4n) is 3.52. The van der Waals surface area contributed by atoms with Crippen molar-refractivity contribution in [3.05, 3.63) is 35.9 Å². The maximum absolute atomic E-state index is 6.30. The Balaban J connectivity index is 1.84. The van der Waals surface area contributed by atoms with Gasteiger partial charge < -0.3 is 30.4 Å². The van der Waals surface area contributed by atoms with Crippen molar-refractivity contribution in [3.8, 4) is 0 Å². The number of rotatable bonds is 16. The monoisotopic (exact) mass is 408 g/mol. The first-order chi connectivity index (χ1) is 14.3. The van der Waals surface area contributed by atoms with Crippen LogP contribution in [0.5, 0.6) is 0 Å². The van der Waals surface area contributed by atoms with E-state index in [-0.39, 0.29) is 18.3 Å². The van der Waals surface area contributed by atoms with Crippen LogP contribution in [0.2, 0.25) is 0 Å². The van der Waals surface area contributed by atoms with Crippen molar-refractivity contribution in [2.24, 2.45) is 11.5 Å². The summed E-state index contributed by atoms with van der Waals surface area (Å²) in [5.41, 5.74) is 12.3. The van der Waals surface area contributed by atoms with Crippen molar-refractivity contribution < 1.29 is 18.9 Å². The van der Waals surface area contributed by atoms with Gasteiger partial charge in [0.1, 0.15) is 12.2 Å². The number of nitrogens with two attached hydrogens (primary N) is 2. The van der Waals surface area contributed by atoms with Crippen LogP contribution in [-0.2, 0) is 25.6 Å². The van der Waals surface area contributed by atoms with E-state index in [1.54, 1.807) is 0 Å². The predicted molar refractivity (Wildman–Crippen MR) is 116 cm³/mol. The van der Waals surface area contributed by atoms with Gasteiger partial charge in [0, 0.05) is 19.8 Å². The third-order valence-corrected chi connectivity index (χ3v) is 5.21. The smallest absolute Gasteiger partial charge is 0.113 e. The summed E-state index contributed by atoms with van der Waals surface area (Å²) >= 11 is 0. The molecule has 6 heteroatoms. The highest BCUT2D eigenvalue weighted by Crippen LogP contribution is 2.23. The summed E-state index contributed by atoms with van der Waals surface area (Å²) in [6.45, 7) is 4.72. The number of hydrogen-bond acceptors (Lipinski definition) is 6. The molecule has 0 bridgehead atoms. The zero-order valence-electron chi connectivity index (χ0n) is 17.8. The maximum atomic E-state index is 6.30. The zero-order valence-corrected chi connectivity index (χ0v) is 17.8. The number of hydrogen-bond donors (Lipinski definition) is 2. The molecule has 2 rings (SSSR count). The highest BCUT2D eigenvalue weighted by Gasteiger charge is 2.36. The third kappa shape index (κ3) is 10.0. The molecule has 0 spiro atoms. The minimum Gasteiger partial charge on any atom is -0.379 e. The molecule has 0 saturated carbocycles. The second-order valence-electron chi connectivity index (χ2n) is 7.64.